The Morgan fingerprint density at radius 2 is 2.20 bits per heavy atom. The van der Waals surface area contributed by atoms with Gasteiger partial charge >= 0.3 is 6.09 Å². The summed E-state index contributed by atoms with van der Waals surface area (Å²) in [6.07, 6.45) is 5.11. The SMILES string of the molecule is CC1(NC(=O)OC2CCCC2)CCOC1. The van der Waals surface area contributed by atoms with Crippen molar-refractivity contribution < 1.29 is 14.3 Å². The van der Waals surface area contributed by atoms with Gasteiger partial charge in [-0.3, -0.25) is 0 Å². The van der Waals surface area contributed by atoms with Crippen LogP contribution in [-0.4, -0.2) is 30.9 Å². The highest BCUT2D eigenvalue weighted by Gasteiger charge is 2.32. The molecule has 1 atom stereocenters. The van der Waals surface area contributed by atoms with Crippen molar-refractivity contribution in [1.82, 2.24) is 5.32 Å². The van der Waals surface area contributed by atoms with Crippen molar-refractivity contribution in [3.05, 3.63) is 0 Å². The number of alkyl carbamates (subject to hydrolysis) is 1. The fourth-order valence-corrected chi connectivity index (χ4v) is 2.20. The molecule has 1 heterocycles. The lowest BCUT2D eigenvalue weighted by molar-refractivity contribution is 0.0890. The van der Waals surface area contributed by atoms with Gasteiger partial charge in [-0.15, -0.1) is 0 Å². The number of rotatable bonds is 2. The van der Waals surface area contributed by atoms with Gasteiger partial charge < -0.3 is 14.8 Å². The Balaban J connectivity index is 1.76. The number of ether oxygens (including phenoxy) is 2. The molecule has 0 aromatic rings. The van der Waals surface area contributed by atoms with Crippen LogP contribution in [0.15, 0.2) is 0 Å². The molecule has 0 aromatic heterocycles. The molecule has 86 valence electrons. The highest BCUT2D eigenvalue weighted by molar-refractivity contribution is 5.68. The third-order valence-corrected chi connectivity index (χ3v) is 3.20. The standard InChI is InChI=1S/C11H19NO3/c1-11(6-7-14-8-11)12-10(13)15-9-4-2-3-5-9/h9H,2-8H2,1H3,(H,12,13). The number of amides is 1. The van der Waals surface area contributed by atoms with Crippen LogP contribution in [0.5, 0.6) is 0 Å². The van der Waals surface area contributed by atoms with E-state index in [-0.39, 0.29) is 17.7 Å². The van der Waals surface area contributed by atoms with E-state index in [9.17, 15) is 4.79 Å². The van der Waals surface area contributed by atoms with Gasteiger partial charge in [0.1, 0.15) is 6.10 Å². The molecule has 1 amide bonds. The lowest BCUT2D eigenvalue weighted by Gasteiger charge is -2.24. The maximum Gasteiger partial charge on any atom is 0.407 e. The minimum absolute atomic E-state index is 0.135. The van der Waals surface area contributed by atoms with Crippen LogP contribution in [0.3, 0.4) is 0 Å². The van der Waals surface area contributed by atoms with Crippen molar-refractivity contribution in [2.45, 2.75) is 50.7 Å². The zero-order chi connectivity index (χ0) is 10.7. The van der Waals surface area contributed by atoms with Gasteiger partial charge in [-0.1, -0.05) is 0 Å². The molecule has 1 aliphatic carbocycles. The highest BCUT2D eigenvalue weighted by Crippen LogP contribution is 2.22. The second-order valence-corrected chi connectivity index (χ2v) is 4.80. The molecule has 4 heteroatoms. The largest absolute Gasteiger partial charge is 0.446 e. The van der Waals surface area contributed by atoms with Crippen molar-refractivity contribution in [3.8, 4) is 0 Å². The van der Waals surface area contributed by atoms with E-state index in [1.807, 2.05) is 6.92 Å². The van der Waals surface area contributed by atoms with E-state index in [2.05, 4.69) is 5.32 Å². The molecule has 1 aliphatic heterocycles. The third-order valence-electron chi connectivity index (χ3n) is 3.20. The quantitative estimate of drug-likeness (QED) is 0.761. The first-order valence-corrected chi connectivity index (χ1v) is 5.74. The van der Waals surface area contributed by atoms with Crippen molar-refractivity contribution in [2.75, 3.05) is 13.2 Å². The second-order valence-electron chi connectivity index (χ2n) is 4.80. The molecule has 0 aromatic carbocycles. The van der Waals surface area contributed by atoms with Crippen LogP contribution < -0.4 is 5.32 Å². The fourth-order valence-electron chi connectivity index (χ4n) is 2.20. The van der Waals surface area contributed by atoms with Crippen LogP contribution in [0.1, 0.15) is 39.0 Å². The van der Waals surface area contributed by atoms with Crippen LogP contribution in [0.2, 0.25) is 0 Å². The molecule has 15 heavy (non-hydrogen) atoms. The van der Waals surface area contributed by atoms with E-state index in [0.717, 1.165) is 25.9 Å². The van der Waals surface area contributed by atoms with E-state index in [1.165, 1.54) is 12.8 Å². The summed E-state index contributed by atoms with van der Waals surface area (Å²) in [5.41, 5.74) is -0.227. The molecule has 4 nitrogen and oxygen atoms in total. The summed E-state index contributed by atoms with van der Waals surface area (Å²) in [7, 11) is 0. The molecular weight excluding hydrogens is 194 g/mol. The number of hydrogen-bond acceptors (Lipinski definition) is 3. The fraction of sp³-hybridized carbons (Fsp3) is 0.909. The van der Waals surface area contributed by atoms with E-state index in [1.54, 1.807) is 0 Å². The molecule has 0 radical (unpaired) electrons. The Hall–Kier alpha value is -0.770. The zero-order valence-electron chi connectivity index (χ0n) is 9.25. The maximum atomic E-state index is 11.6. The first kappa shape index (κ1) is 10.7. The molecule has 1 saturated heterocycles. The number of hydrogen-bond donors (Lipinski definition) is 1. The smallest absolute Gasteiger partial charge is 0.407 e. The van der Waals surface area contributed by atoms with Crippen LogP contribution in [0.25, 0.3) is 0 Å². The maximum absolute atomic E-state index is 11.6. The molecule has 0 spiro atoms. The Morgan fingerprint density at radius 1 is 1.47 bits per heavy atom. The molecular formula is C11H19NO3. The van der Waals surface area contributed by atoms with E-state index in [0.29, 0.717) is 6.61 Å². The van der Waals surface area contributed by atoms with Gasteiger partial charge in [0.15, 0.2) is 0 Å². The van der Waals surface area contributed by atoms with Gasteiger partial charge in [0.2, 0.25) is 0 Å². The predicted molar refractivity (Wildman–Crippen MR) is 55.7 cm³/mol. The molecule has 1 N–H and O–H groups in total. The highest BCUT2D eigenvalue weighted by atomic mass is 16.6. The average Bonchev–Trinajstić information content (AvgIpc) is 2.76. The summed E-state index contributed by atoms with van der Waals surface area (Å²) in [5, 5.41) is 2.90. The molecule has 1 saturated carbocycles. The molecule has 2 fully saturated rings. The predicted octanol–water partition coefficient (Wildman–Crippen LogP) is 1.83. The van der Waals surface area contributed by atoms with Gasteiger partial charge in [-0.25, -0.2) is 4.79 Å². The summed E-state index contributed by atoms with van der Waals surface area (Å²) in [5.74, 6) is 0. The summed E-state index contributed by atoms with van der Waals surface area (Å²) in [6, 6.07) is 0. The minimum Gasteiger partial charge on any atom is -0.446 e. The van der Waals surface area contributed by atoms with E-state index < -0.39 is 0 Å². The summed E-state index contributed by atoms with van der Waals surface area (Å²) in [6.45, 7) is 3.31. The Morgan fingerprint density at radius 3 is 2.80 bits per heavy atom. The zero-order valence-corrected chi connectivity index (χ0v) is 9.25. The van der Waals surface area contributed by atoms with Crippen LogP contribution >= 0.6 is 0 Å². The van der Waals surface area contributed by atoms with E-state index >= 15 is 0 Å². The lowest BCUT2D eigenvalue weighted by atomic mass is 10.0. The van der Waals surface area contributed by atoms with Gasteiger partial charge in [-0.2, -0.15) is 0 Å². The van der Waals surface area contributed by atoms with Crippen LogP contribution in [0, 0.1) is 0 Å². The van der Waals surface area contributed by atoms with Crippen molar-refractivity contribution in [2.24, 2.45) is 0 Å². The van der Waals surface area contributed by atoms with Gasteiger partial charge in [0, 0.05) is 6.61 Å². The van der Waals surface area contributed by atoms with Gasteiger partial charge in [0.05, 0.1) is 12.1 Å². The average molecular weight is 213 g/mol. The normalized spacial score (nSPS) is 31.8. The number of carbonyl (C=O) groups is 1. The second kappa shape index (κ2) is 4.39. The van der Waals surface area contributed by atoms with Crippen LogP contribution in [0.4, 0.5) is 4.79 Å². The lowest BCUT2D eigenvalue weighted by Crippen LogP contribution is -2.47. The molecule has 1 unspecified atom stereocenters. The Kier molecular flexibility index (Phi) is 3.14. The minimum atomic E-state index is -0.282. The Labute approximate surface area is 90.3 Å². The van der Waals surface area contributed by atoms with Gasteiger partial charge in [-0.05, 0) is 39.0 Å². The third kappa shape index (κ3) is 2.84. The van der Waals surface area contributed by atoms with Crippen molar-refractivity contribution in [3.63, 3.8) is 0 Å². The topological polar surface area (TPSA) is 47.6 Å². The van der Waals surface area contributed by atoms with Gasteiger partial charge in [0.25, 0.3) is 0 Å². The van der Waals surface area contributed by atoms with E-state index in [4.69, 9.17) is 9.47 Å². The summed E-state index contributed by atoms with van der Waals surface area (Å²) in [4.78, 5) is 11.6. The number of nitrogens with one attached hydrogen (secondary N) is 1. The van der Waals surface area contributed by atoms with Crippen molar-refractivity contribution in [1.29, 1.82) is 0 Å². The molecule has 0 bridgehead atoms. The molecule has 2 rings (SSSR count). The number of carbonyl (C=O) groups excluding carboxylic acids is 1. The van der Waals surface area contributed by atoms with Crippen molar-refractivity contribution >= 4 is 6.09 Å². The monoisotopic (exact) mass is 213 g/mol. The summed E-state index contributed by atoms with van der Waals surface area (Å²) < 4.78 is 10.6. The Bertz CT molecular complexity index is 230. The van der Waals surface area contributed by atoms with Crippen LogP contribution in [-0.2, 0) is 9.47 Å². The first-order valence-electron chi connectivity index (χ1n) is 5.74. The summed E-state index contributed by atoms with van der Waals surface area (Å²) >= 11 is 0. The first-order chi connectivity index (χ1) is 7.18. The molecule has 2 aliphatic rings.